The van der Waals surface area contributed by atoms with Crippen molar-refractivity contribution in [2.45, 2.75) is 45.2 Å². The Labute approximate surface area is 156 Å². The number of nitrogens with one attached hydrogen (secondary N) is 2. The van der Waals surface area contributed by atoms with E-state index in [1.165, 1.54) is 11.1 Å². The number of hydrogen-bond acceptors (Lipinski definition) is 2. The predicted octanol–water partition coefficient (Wildman–Crippen LogP) is 4.60. The van der Waals surface area contributed by atoms with Crippen molar-refractivity contribution in [3.05, 3.63) is 65.7 Å². The van der Waals surface area contributed by atoms with Crippen molar-refractivity contribution >= 4 is 11.7 Å². The van der Waals surface area contributed by atoms with Gasteiger partial charge in [0.25, 0.3) is 0 Å². The zero-order valence-electron chi connectivity index (χ0n) is 15.7. The number of benzene rings is 2. The van der Waals surface area contributed by atoms with E-state index in [-0.39, 0.29) is 12.1 Å². The first-order valence-corrected chi connectivity index (χ1v) is 9.54. The molecule has 1 heterocycles. The molecule has 2 N–H and O–H groups in total. The van der Waals surface area contributed by atoms with Gasteiger partial charge in [0.1, 0.15) is 0 Å². The molecule has 3 rings (SSSR count). The third kappa shape index (κ3) is 5.09. The topological polar surface area (TPSA) is 44.4 Å². The van der Waals surface area contributed by atoms with Crippen LogP contribution in [0.15, 0.2) is 54.6 Å². The number of hydrogen-bond donors (Lipinski definition) is 2. The van der Waals surface area contributed by atoms with Crippen LogP contribution in [-0.4, -0.2) is 30.1 Å². The first kappa shape index (κ1) is 18.5. The van der Waals surface area contributed by atoms with Gasteiger partial charge in [-0.25, -0.2) is 4.79 Å². The van der Waals surface area contributed by atoms with Crippen LogP contribution in [0.25, 0.3) is 0 Å². The molecule has 0 unspecified atom stereocenters. The van der Waals surface area contributed by atoms with Crippen molar-refractivity contribution in [2.24, 2.45) is 0 Å². The molecule has 0 saturated carbocycles. The SMILES string of the molecule is CC(C)c1ccccc1NC(=O)NC1CCN(Cc2ccccc2)CC1. The van der Waals surface area contributed by atoms with Crippen molar-refractivity contribution in [1.29, 1.82) is 0 Å². The summed E-state index contributed by atoms with van der Waals surface area (Å²) >= 11 is 0. The minimum Gasteiger partial charge on any atom is -0.335 e. The molecule has 138 valence electrons. The van der Waals surface area contributed by atoms with Crippen molar-refractivity contribution in [1.82, 2.24) is 10.2 Å². The number of anilines is 1. The van der Waals surface area contributed by atoms with Gasteiger partial charge in [0.2, 0.25) is 0 Å². The third-order valence-corrected chi connectivity index (χ3v) is 5.00. The first-order valence-electron chi connectivity index (χ1n) is 9.54. The van der Waals surface area contributed by atoms with Gasteiger partial charge in [0.15, 0.2) is 0 Å². The molecule has 0 radical (unpaired) electrons. The number of carbonyl (C=O) groups is 1. The van der Waals surface area contributed by atoms with E-state index >= 15 is 0 Å². The first-order chi connectivity index (χ1) is 12.6. The fourth-order valence-electron chi connectivity index (χ4n) is 3.54. The second kappa shape index (κ2) is 8.86. The second-order valence-electron chi connectivity index (χ2n) is 7.38. The van der Waals surface area contributed by atoms with Crippen LogP contribution in [0, 0.1) is 0 Å². The van der Waals surface area contributed by atoms with Crippen molar-refractivity contribution < 1.29 is 4.79 Å². The molecule has 1 saturated heterocycles. The van der Waals surface area contributed by atoms with Gasteiger partial charge in [-0.15, -0.1) is 0 Å². The highest BCUT2D eigenvalue weighted by molar-refractivity contribution is 5.90. The predicted molar refractivity (Wildman–Crippen MR) is 107 cm³/mol. The Morgan fingerprint density at radius 2 is 1.69 bits per heavy atom. The van der Waals surface area contributed by atoms with E-state index in [4.69, 9.17) is 0 Å². The summed E-state index contributed by atoms with van der Waals surface area (Å²) in [6, 6.07) is 18.7. The summed E-state index contributed by atoms with van der Waals surface area (Å²) in [5.41, 5.74) is 3.42. The van der Waals surface area contributed by atoms with E-state index in [1.807, 2.05) is 18.2 Å². The molecule has 0 aliphatic carbocycles. The van der Waals surface area contributed by atoms with Gasteiger partial charge in [-0.3, -0.25) is 4.90 Å². The van der Waals surface area contributed by atoms with Gasteiger partial charge in [-0.1, -0.05) is 62.4 Å². The Kier molecular flexibility index (Phi) is 6.29. The summed E-state index contributed by atoms with van der Waals surface area (Å²) < 4.78 is 0. The Bertz CT molecular complexity index is 706. The second-order valence-corrected chi connectivity index (χ2v) is 7.38. The van der Waals surface area contributed by atoms with Crippen molar-refractivity contribution in [3.63, 3.8) is 0 Å². The van der Waals surface area contributed by atoms with Crippen LogP contribution in [0.5, 0.6) is 0 Å². The molecule has 1 aliphatic rings. The molecule has 4 heteroatoms. The zero-order valence-corrected chi connectivity index (χ0v) is 15.7. The molecule has 0 atom stereocenters. The van der Waals surface area contributed by atoms with Gasteiger partial charge in [-0.2, -0.15) is 0 Å². The average Bonchev–Trinajstić information content (AvgIpc) is 2.64. The summed E-state index contributed by atoms with van der Waals surface area (Å²) in [7, 11) is 0. The lowest BCUT2D eigenvalue weighted by atomic mass is 10.0. The minimum absolute atomic E-state index is 0.0976. The Balaban J connectivity index is 1.46. The summed E-state index contributed by atoms with van der Waals surface area (Å²) in [5, 5.41) is 6.17. The highest BCUT2D eigenvalue weighted by Crippen LogP contribution is 2.23. The summed E-state index contributed by atoms with van der Waals surface area (Å²) in [6.45, 7) is 7.30. The molecule has 26 heavy (non-hydrogen) atoms. The van der Waals surface area contributed by atoms with E-state index in [0.717, 1.165) is 38.2 Å². The lowest BCUT2D eigenvalue weighted by molar-refractivity contribution is 0.190. The number of urea groups is 1. The normalized spacial score (nSPS) is 15.8. The fourth-order valence-corrected chi connectivity index (χ4v) is 3.54. The van der Waals surface area contributed by atoms with Gasteiger partial charge in [0.05, 0.1) is 0 Å². The maximum Gasteiger partial charge on any atom is 0.319 e. The standard InChI is InChI=1S/C22H29N3O/c1-17(2)20-10-6-7-11-21(20)24-22(26)23-19-12-14-25(15-13-19)16-18-8-4-3-5-9-18/h3-11,17,19H,12-16H2,1-2H3,(H2,23,24,26). The van der Waals surface area contributed by atoms with E-state index < -0.39 is 0 Å². The van der Waals surface area contributed by atoms with Crippen LogP contribution in [-0.2, 0) is 6.54 Å². The molecule has 2 aromatic carbocycles. The van der Waals surface area contributed by atoms with Crippen LogP contribution in [0.3, 0.4) is 0 Å². The monoisotopic (exact) mass is 351 g/mol. The summed E-state index contributed by atoms with van der Waals surface area (Å²) in [5.74, 6) is 0.382. The van der Waals surface area contributed by atoms with Crippen LogP contribution in [0.4, 0.5) is 10.5 Å². The van der Waals surface area contributed by atoms with Crippen LogP contribution in [0.2, 0.25) is 0 Å². The highest BCUT2D eigenvalue weighted by atomic mass is 16.2. The molecule has 2 aromatic rings. The molecule has 1 aliphatic heterocycles. The lowest BCUT2D eigenvalue weighted by Gasteiger charge is -2.32. The lowest BCUT2D eigenvalue weighted by Crippen LogP contribution is -2.45. The number of rotatable bonds is 5. The Hall–Kier alpha value is -2.33. The van der Waals surface area contributed by atoms with E-state index in [0.29, 0.717) is 5.92 Å². The molecular formula is C22H29N3O. The number of carbonyl (C=O) groups excluding carboxylic acids is 1. The molecular weight excluding hydrogens is 322 g/mol. The van der Waals surface area contributed by atoms with Gasteiger partial charge >= 0.3 is 6.03 Å². The van der Waals surface area contributed by atoms with Crippen molar-refractivity contribution in [2.75, 3.05) is 18.4 Å². The third-order valence-electron chi connectivity index (χ3n) is 5.00. The molecule has 4 nitrogen and oxygen atoms in total. The van der Waals surface area contributed by atoms with Crippen LogP contribution >= 0.6 is 0 Å². The largest absolute Gasteiger partial charge is 0.335 e. The molecule has 0 spiro atoms. The Morgan fingerprint density at radius 1 is 1.04 bits per heavy atom. The molecule has 0 bridgehead atoms. The number of amides is 2. The minimum atomic E-state index is -0.0976. The van der Waals surface area contributed by atoms with Crippen LogP contribution < -0.4 is 10.6 Å². The van der Waals surface area contributed by atoms with E-state index in [1.54, 1.807) is 0 Å². The highest BCUT2D eigenvalue weighted by Gasteiger charge is 2.21. The number of para-hydroxylation sites is 1. The summed E-state index contributed by atoms with van der Waals surface area (Å²) in [4.78, 5) is 14.9. The number of piperidine rings is 1. The van der Waals surface area contributed by atoms with Gasteiger partial charge < -0.3 is 10.6 Å². The Morgan fingerprint density at radius 3 is 2.38 bits per heavy atom. The number of likely N-dealkylation sites (tertiary alicyclic amines) is 1. The fraction of sp³-hybridized carbons (Fsp3) is 0.409. The maximum atomic E-state index is 12.4. The van der Waals surface area contributed by atoms with Crippen molar-refractivity contribution in [3.8, 4) is 0 Å². The van der Waals surface area contributed by atoms with Crippen LogP contribution in [0.1, 0.15) is 43.7 Å². The number of nitrogens with zero attached hydrogens (tertiary/aromatic N) is 1. The quantitative estimate of drug-likeness (QED) is 0.827. The maximum absolute atomic E-state index is 12.4. The summed E-state index contributed by atoms with van der Waals surface area (Å²) in [6.07, 6.45) is 1.98. The van der Waals surface area contributed by atoms with E-state index in [9.17, 15) is 4.79 Å². The van der Waals surface area contributed by atoms with E-state index in [2.05, 4.69) is 65.8 Å². The smallest absolute Gasteiger partial charge is 0.319 e. The molecule has 1 fully saturated rings. The van der Waals surface area contributed by atoms with Gasteiger partial charge in [-0.05, 0) is 36.0 Å². The molecule has 2 amide bonds. The van der Waals surface area contributed by atoms with Gasteiger partial charge in [0, 0.05) is 31.4 Å². The molecule has 0 aromatic heterocycles. The zero-order chi connectivity index (χ0) is 18.4. The average molecular weight is 351 g/mol.